The lowest BCUT2D eigenvalue weighted by Crippen LogP contribution is -2.44. The number of nitrogens with zero attached hydrogens (tertiary/aromatic N) is 3. The summed E-state index contributed by atoms with van der Waals surface area (Å²) < 4.78 is 25.5. The Morgan fingerprint density at radius 3 is 3.06 bits per heavy atom. The molecule has 1 unspecified atom stereocenters. The molecule has 1 saturated heterocycles. The lowest BCUT2D eigenvalue weighted by Gasteiger charge is -2.20. The van der Waals surface area contributed by atoms with E-state index < -0.39 is 0 Å². The first kappa shape index (κ1) is 21.5. The normalized spacial score (nSPS) is 18.6. The lowest BCUT2D eigenvalue weighted by atomic mass is 10.2. The van der Waals surface area contributed by atoms with E-state index in [9.17, 15) is 4.39 Å². The summed E-state index contributed by atoms with van der Waals surface area (Å²) in [4.78, 5) is 10.8. The number of benzene rings is 1. The first-order chi connectivity index (χ1) is 15.1. The highest BCUT2D eigenvalue weighted by Gasteiger charge is 2.26. The number of fused-ring (bicyclic) bond motifs is 1. The summed E-state index contributed by atoms with van der Waals surface area (Å²) in [6.07, 6.45) is 3.31. The molecule has 2 aliphatic heterocycles. The molecule has 0 bridgehead atoms. The Labute approximate surface area is 186 Å². The van der Waals surface area contributed by atoms with E-state index in [0.29, 0.717) is 54.6 Å². The van der Waals surface area contributed by atoms with Gasteiger partial charge >= 0.3 is 0 Å². The quantitative estimate of drug-likeness (QED) is 0.541. The van der Waals surface area contributed by atoms with Crippen LogP contribution in [0.2, 0.25) is 5.02 Å². The fraction of sp³-hybridized carbons (Fsp3) is 0.455. The molecule has 166 valence electrons. The maximum atomic E-state index is 14.0. The van der Waals surface area contributed by atoms with Crippen LogP contribution >= 0.6 is 11.6 Å². The van der Waals surface area contributed by atoms with Crippen LogP contribution in [0, 0.1) is 5.82 Å². The van der Waals surface area contributed by atoms with Crippen molar-refractivity contribution < 1.29 is 13.9 Å². The van der Waals surface area contributed by atoms with Crippen LogP contribution in [0.4, 0.5) is 10.2 Å². The van der Waals surface area contributed by atoms with Gasteiger partial charge in [0, 0.05) is 38.3 Å². The van der Waals surface area contributed by atoms with Crippen LogP contribution in [-0.4, -0.2) is 49.8 Å². The number of pyridine rings is 1. The average molecular weight is 448 g/mol. The zero-order valence-corrected chi connectivity index (χ0v) is 18.3. The molecule has 7 nitrogen and oxygen atoms in total. The summed E-state index contributed by atoms with van der Waals surface area (Å²) in [5.41, 5.74) is 0.940. The van der Waals surface area contributed by atoms with Gasteiger partial charge in [0.1, 0.15) is 0 Å². The van der Waals surface area contributed by atoms with Gasteiger partial charge in [0.05, 0.1) is 24.8 Å². The molecule has 1 aromatic heterocycles. The van der Waals surface area contributed by atoms with Crippen molar-refractivity contribution in [3.05, 3.63) is 46.9 Å². The number of hydrogen-bond donors (Lipinski definition) is 2. The van der Waals surface area contributed by atoms with Gasteiger partial charge in [-0.2, -0.15) is 0 Å². The molecule has 0 radical (unpaired) electrons. The number of ether oxygens (including phenoxy) is 2. The van der Waals surface area contributed by atoms with E-state index in [1.807, 2.05) is 24.0 Å². The van der Waals surface area contributed by atoms with E-state index in [0.717, 1.165) is 31.5 Å². The minimum atomic E-state index is -0.296. The molecule has 31 heavy (non-hydrogen) atoms. The molecule has 0 saturated carbocycles. The topological polar surface area (TPSA) is 71.0 Å². The van der Waals surface area contributed by atoms with Crippen molar-refractivity contribution in [3.8, 4) is 11.5 Å². The molecule has 2 aliphatic rings. The molecule has 9 heteroatoms. The van der Waals surface area contributed by atoms with Crippen molar-refractivity contribution in [1.29, 1.82) is 0 Å². The Hall–Kier alpha value is -2.74. The zero-order chi connectivity index (χ0) is 21.6. The summed E-state index contributed by atoms with van der Waals surface area (Å²) in [5, 5.41) is 7.26. The van der Waals surface area contributed by atoms with Crippen LogP contribution in [0.15, 0.2) is 35.5 Å². The van der Waals surface area contributed by atoms with Crippen molar-refractivity contribution in [1.82, 2.24) is 15.6 Å². The van der Waals surface area contributed by atoms with E-state index in [1.165, 1.54) is 6.07 Å². The van der Waals surface area contributed by atoms with Gasteiger partial charge in [0.25, 0.3) is 0 Å². The highest BCUT2D eigenvalue weighted by molar-refractivity contribution is 6.32. The average Bonchev–Trinajstić information content (AvgIpc) is 3.08. The third-order valence-corrected chi connectivity index (χ3v) is 5.47. The molecule has 1 aromatic carbocycles. The number of aliphatic imine (C=N–C) groups is 1. The van der Waals surface area contributed by atoms with Crippen molar-refractivity contribution in [2.45, 2.75) is 32.4 Å². The smallest absolute Gasteiger partial charge is 0.191 e. The van der Waals surface area contributed by atoms with Crippen molar-refractivity contribution in [3.63, 3.8) is 0 Å². The molecular weight excluding hydrogens is 421 g/mol. The van der Waals surface area contributed by atoms with Crippen LogP contribution in [0.25, 0.3) is 0 Å². The number of nitrogens with one attached hydrogen (secondary N) is 2. The highest BCUT2D eigenvalue weighted by atomic mass is 35.5. The van der Waals surface area contributed by atoms with Crippen LogP contribution < -0.4 is 25.0 Å². The minimum absolute atomic E-state index is 0.145. The number of anilines is 1. The lowest BCUT2D eigenvalue weighted by molar-refractivity contribution is 0.297. The second kappa shape index (κ2) is 10.0. The fourth-order valence-electron chi connectivity index (χ4n) is 3.74. The van der Waals surface area contributed by atoms with E-state index in [1.54, 1.807) is 12.3 Å². The molecule has 1 atom stereocenters. The standard InChI is InChI=1S/C22H27ClFN5O2/c1-2-25-22(28-16-6-8-29(14-16)21-18(24)5-3-7-26-21)27-13-15-11-17(23)20-19(12-15)30-9-4-10-31-20/h3,5,7,11-12,16H,2,4,6,8-10,13-14H2,1H3,(H2,25,27,28). The molecule has 2 aromatic rings. The first-order valence-corrected chi connectivity index (χ1v) is 11.0. The number of halogens is 2. The Morgan fingerprint density at radius 1 is 1.35 bits per heavy atom. The Balaban J connectivity index is 1.42. The van der Waals surface area contributed by atoms with Gasteiger partial charge in [-0.15, -0.1) is 0 Å². The first-order valence-electron chi connectivity index (χ1n) is 10.6. The van der Waals surface area contributed by atoms with Gasteiger partial charge < -0.3 is 25.0 Å². The van der Waals surface area contributed by atoms with Crippen molar-refractivity contribution >= 4 is 23.4 Å². The van der Waals surface area contributed by atoms with Crippen molar-refractivity contribution in [2.24, 2.45) is 4.99 Å². The minimum Gasteiger partial charge on any atom is -0.489 e. The molecule has 0 amide bonds. The second-order valence-corrected chi connectivity index (χ2v) is 7.94. The summed E-state index contributed by atoms with van der Waals surface area (Å²) in [6.45, 7) is 5.80. The van der Waals surface area contributed by atoms with Crippen molar-refractivity contribution in [2.75, 3.05) is 37.7 Å². The van der Waals surface area contributed by atoms with E-state index in [2.05, 4.69) is 15.6 Å². The Morgan fingerprint density at radius 2 is 2.23 bits per heavy atom. The summed E-state index contributed by atoms with van der Waals surface area (Å²) in [6, 6.07) is 6.98. The maximum absolute atomic E-state index is 14.0. The molecule has 2 N–H and O–H groups in total. The number of hydrogen-bond acceptors (Lipinski definition) is 5. The Bertz CT molecular complexity index is 942. The third kappa shape index (κ3) is 5.31. The highest BCUT2D eigenvalue weighted by Crippen LogP contribution is 2.38. The molecular formula is C22H27ClFN5O2. The van der Waals surface area contributed by atoms with Gasteiger partial charge in [-0.3, -0.25) is 0 Å². The van der Waals surface area contributed by atoms with Crippen LogP contribution in [0.1, 0.15) is 25.3 Å². The molecule has 4 rings (SSSR count). The molecule has 3 heterocycles. The van der Waals surface area contributed by atoms with E-state index in [4.69, 9.17) is 26.1 Å². The van der Waals surface area contributed by atoms with Gasteiger partial charge in [-0.25, -0.2) is 14.4 Å². The molecule has 0 spiro atoms. The van der Waals surface area contributed by atoms with Crippen LogP contribution in [-0.2, 0) is 6.54 Å². The van der Waals surface area contributed by atoms with Crippen LogP contribution in [0.5, 0.6) is 11.5 Å². The van der Waals surface area contributed by atoms with Gasteiger partial charge in [0.15, 0.2) is 29.1 Å². The number of rotatable bonds is 5. The summed E-state index contributed by atoms with van der Waals surface area (Å²) in [7, 11) is 0. The van der Waals surface area contributed by atoms with E-state index >= 15 is 0 Å². The largest absolute Gasteiger partial charge is 0.489 e. The maximum Gasteiger partial charge on any atom is 0.191 e. The molecule has 0 aliphatic carbocycles. The second-order valence-electron chi connectivity index (χ2n) is 7.54. The summed E-state index contributed by atoms with van der Waals surface area (Å²) >= 11 is 6.39. The van der Waals surface area contributed by atoms with Gasteiger partial charge in [-0.05, 0) is 43.2 Å². The number of guanidine groups is 1. The predicted octanol–water partition coefficient (Wildman–Crippen LogP) is 3.37. The zero-order valence-electron chi connectivity index (χ0n) is 17.5. The fourth-order valence-corrected chi connectivity index (χ4v) is 4.03. The van der Waals surface area contributed by atoms with Crippen LogP contribution in [0.3, 0.4) is 0 Å². The van der Waals surface area contributed by atoms with Gasteiger partial charge in [0.2, 0.25) is 0 Å². The predicted molar refractivity (Wildman–Crippen MR) is 120 cm³/mol. The van der Waals surface area contributed by atoms with E-state index in [-0.39, 0.29) is 11.9 Å². The summed E-state index contributed by atoms with van der Waals surface area (Å²) in [5.74, 6) is 2.08. The Kier molecular flexibility index (Phi) is 6.96. The number of aromatic nitrogens is 1. The SMILES string of the molecule is CCNC(=NCc1cc(Cl)c2c(c1)OCCCO2)NC1CCN(c2ncccc2F)C1. The van der Waals surface area contributed by atoms with Gasteiger partial charge in [-0.1, -0.05) is 11.6 Å². The molecule has 1 fully saturated rings. The monoisotopic (exact) mass is 447 g/mol. The third-order valence-electron chi connectivity index (χ3n) is 5.19.